The Morgan fingerprint density at radius 1 is 1.25 bits per heavy atom. The van der Waals surface area contributed by atoms with Crippen molar-refractivity contribution in [2.24, 2.45) is 5.92 Å². The maximum Gasteiger partial charge on any atom is 0.243 e. The van der Waals surface area contributed by atoms with Gasteiger partial charge in [-0.3, -0.25) is 0 Å². The van der Waals surface area contributed by atoms with Crippen molar-refractivity contribution in [3.05, 3.63) is 29.8 Å². The van der Waals surface area contributed by atoms with E-state index in [0.717, 1.165) is 24.8 Å². The minimum atomic E-state index is -3.37. The lowest BCUT2D eigenvalue weighted by atomic mass is 9.95. The summed E-state index contributed by atoms with van der Waals surface area (Å²) in [6.07, 6.45) is 2.64. The van der Waals surface area contributed by atoms with Crippen molar-refractivity contribution >= 4 is 21.6 Å². The molecule has 112 valence electrons. The van der Waals surface area contributed by atoms with E-state index in [9.17, 15) is 8.42 Å². The predicted octanol–water partition coefficient (Wildman–Crippen LogP) is 3.28. The van der Waals surface area contributed by atoms with Gasteiger partial charge in [-0.2, -0.15) is 4.31 Å². The number of hydrogen-bond donors (Lipinski definition) is 0. The van der Waals surface area contributed by atoms with E-state index in [1.165, 1.54) is 0 Å². The molecular formula is C15H22ClNO2S. The van der Waals surface area contributed by atoms with Gasteiger partial charge in [-0.15, -0.1) is 11.6 Å². The highest BCUT2D eigenvalue weighted by Gasteiger charge is 2.32. The highest BCUT2D eigenvalue weighted by Crippen LogP contribution is 2.28. The van der Waals surface area contributed by atoms with E-state index in [1.54, 1.807) is 16.4 Å². The smallest absolute Gasteiger partial charge is 0.207 e. The summed E-state index contributed by atoms with van der Waals surface area (Å²) in [5.74, 6) is 1.15. The van der Waals surface area contributed by atoms with Crippen LogP contribution in [-0.4, -0.2) is 31.2 Å². The third kappa shape index (κ3) is 3.35. The maximum absolute atomic E-state index is 12.7. The molecule has 20 heavy (non-hydrogen) atoms. The molecule has 0 amide bonds. The number of sulfonamides is 1. The highest BCUT2D eigenvalue weighted by molar-refractivity contribution is 7.89. The summed E-state index contributed by atoms with van der Waals surface area (Å²) in [5.41, 5.74) is 1.07. The first kappa shape index (κ1) is 15.8. The zero-order valence-corrected chi connectivity index (χ0v) is 13.6. The zero-order chi connectivity index (χ0) is 14.8. The second kappa shape index (κ2) is 6.46. The summed E-state index contributed by atoms with van der Waals surface area (Å²) in [7, 11) is -3.37. The van der Waals surface area contributed by atoms with Crippen molar-refractivity contribution in [1.82, 2.24) is 4.31 Å². The van der Waals surface area contributed by atoms with Crippen LogP contribution in [0.25, 0.3) is 0 Å². The Hall–Kier alpha value is -0.580. The minimum Gasteiger partial charge on any atom is -0.207 e. The Labute approximate surface area is 127 Å². The Kier molecular flexibility index (Phi) is 5.10. The topological polar surface area (TPSA) is 37.4 Å². The van der Waals surface area contributed by atoms with Crippen molar-refractivity contribution in [3.8, 4) is 0 Å². The van der Waals surface area contributed by atoms with Gasteiger partial charge in [-0.25, -0.2) is 8.42 Å². The van der Waals surface area contributed by atoms with Gasteiger partial charge in [-0.1, -0.05) is 19.1 Å². The quantitative estimate of drug-likeness (QED) is 0.800. The molecule has 0 radical (unpaired) electrons. The molecule has 0 N–H and O–H groups in total. The number of hydrogen-bond acceptors (Lipinski definition) is 2. The largest absolute Gasteiger partial charge is 0.243 e. The molecule has 1 heterocycles. The van der Waals surface area contributed by atoms with Crippen LogP contribution in [-0.2, 0) is 16.4 Å². The molecule has 0 saturated carbocycles. The van der Waals surface area contributed by atoms with Crippen LogP contribution in [0.4, 0.5) is 0 Å². The van der Waals surface area contributed by atoms with Crippen LogP contribution < -0.4 is 0 Å². The molecule has 2 atom stereocenters. The molecule has 1 fully saturated rings. The van der Waals surface area contributed by atoms with Crippen molar-refractivity contribution in [2.45, 2.75) is 44.0 Å². The van der Waals surface area contributed by atoms with Crippen LogP contribution in [0.15, 0.2) is 29.2 Å². The molecule has 0 bridgehead atoms. The van der Waals surface area contributed by atoms with Gasteiger partial charge in [0, 0.05) is 18.5 Å². The summed E-state index contributed by atoms with van der Waals surface area (Å²) in [4.78, 5) is 0.386. The summed E-state index contributed by atoms with van der Waals surface area (Å²) in [6, 6.07) is 7.18. The van der Waals surface area contributed by atoms with E-state index in [-0.39, 0.29) is 6.04 Å². The first-order chi connectivity index (χ1) is 9.45. The molecule has 0 spiro atoms. The minimum absolute atomic E-state index is 0.0752. The molecule has 2 unspecified atom stereocenters. The molecule has 0 aromatic heterocycles. The molecule has 1 aliphatic heterocycles. The molecule has 1 saturated heterocycles. The molecule has 2 rings (SSSR count). The van der Waals surface area contributed by atoms with Crippen LogP contribution in [0.2, 0.25) is 0 Å². The van der Waals surface area contributed by atoms with E-state index in [1.807, 2.05) is 19.1 Å². The molecule has 3 nitrogen and oxygen atoms in total. The number of halogens is 1. The van der Waals surface area contributed by atoms with E-state index >= 15 is 0 Å². The predicted molar refractivity (Wildman–Crippen MR) is 82.6 cm³/mol. The van der Waals surface area contributed by atoms with Crippen molar-refractivity contribution in [1.29, 1.82) is 0 Å². The standard InChI is InChI=1S/C15H22ClNO2S/c1-12-8-10-17(13(2)11-12)20(18,19)15-5-3-14(4-6-15)7-9-16/h3-6,12-13H,7-11H2,1-2H3. The lowest BCUT2D eigenvalue weighted by molar-refractivity contribution is 0.220. The Bertz CT molecular complexity index is 541. The number of nitrogens with zero attached hydrogens (tertiary/aromatic N) is 1. The van der Waals surface area contributed by atoms with Crippen molar-refractivity contribution < 1.29 is 8.42 Å². The zero-order valence-electron chi connectivity index (χ0n) is 12.0. The Balaban J connectivity index is 2.21. The normalized spacial score (nSPS) is 24.8. The second-order valence-electron chi connectivity index (χ2n) is 5.68. The first-order valence-corrected chi connectivity index (χ1v) is 9.09. The number of benzene rings is 1. The number of alkyl halides is 1. The molecule has 5 heteroatoms. The monoisotopic (exact) mass is 315 g/mol. The van der Waals surface area contributed by atoms with Crippen LogP contribution in [0.1, 0.15) is 32.3 Å². The first-order valence-electron chi connectivity index (χ1n) is 7.12. The lowest BCUT2D eigenvalue weighted by Gasteiger charge is -2.35. The number of rotatable bonds is 4. The van der Waals surface area contributed by atoms with Gasteiger partial charge in [0.1, 0.15) is 0 Å². The van der Waals surface area contributed by atoms with E-state index in [0.29, 0.717) is 23.2 Å². The van der Waals surface area contributed by atoms with E-state index < -0.39 is 10.0 Å². The Morgan fingerprint density at radius 2 is 1.90 bits per heavy atom. The summed E-state index contributed by atoms with van der Waals surface area (Å²) in [6.45, 7) is 4.80. The average molecular weight is 316 g/mol. The van der Waals surface area contributed by atoms with Crippen LogP contribution in [0, 0.1) is 5.92 Å². The van der Waals surface area contributed by atoms with Crippen LogP contribution in [0.5, 0.6) is 0 Å². The highest BCUT2D eigenvalue weighted by atomic mass is 35.5. The third-order valence-corrected chi connectivity index (χ3v) is 6.21. The summed E-state index contributed by atoms with van der Waals surface area (Å²) < 4.78 is 27.0. The second-order valence-corrected chi connectivity index (χ2v) is 7.95. The van der Waals surface area contributed by atoms with Gasteiger partial charge >= 0.3 is 0 Å². The van der Waals surface area contributed by atoms with Crippen LogP contribution in [0.3, 0.4) is 0 Å². The Morgan fingerprint density at radius 3 is 2.45 bits per heavy atom. The van der Waals surface area contributed by atoms with Crippen molar-refractivity contribution in [3.63, 3.8) is 0 Å². The summed E-state index contributed by atoms with van der Waals surface area (Å²) >= 11 is 5.69. The van der Waals surface area contributed by atoms with Gasteiger partial charge < -0.3 is 0 Å². The van der Waals surface area contributed by atoms with E-state index in [2.05, 4.69) is 6.92 Å². The fourth-order valence-corrected chi connectivity index (χ4v) is 4.69. The fraction of sp³-hybridized carbons (Fsp3) is 0.600. The molecule has 1 aliphatic rings. The average Bonchev–Trinajstić information content (AvgIpc) is 2.39. The maximum atomic E-state index is 12.7. The fourth-order valence-electron chi connectivity index (χ4n) is 2.82. The molecule has 1 aromatic carbocycles. The van der Waals surface area contributed by atoms with Gasteiger partial charge in [-0.05, 0) is 49.8 Å². The summed E-state index contributed by atoms with van der Waals surface area (Å²) in [5, 5.41) is 0. The van der Waals surface area contributed by atoms with Gasteiger partial charge in [0.25, 0.3) is 0 Å². The number of piperidine rings is 1. The van der Waals surface area contributed by atoms with Crippen molar-refractivity contribution in [2.75, 3.05) is 12.4 Å². The molecular weight excluding hydrogens is 294 g/mol. The van der Waals surface area contributed by atoms with Crippen LogP contribution >= 0.6 is 11.6 Å². The molecule has 0 aliphatic carbocycles. The van der Waals surface area contributed by atoms with E-state index in [4.69, 9.17) is 11.6 Å². The lowest BCUT2D eigenvalue weighted by Crippen LogP contribution is -2.44. The molecule has 1 aromatic rings. The van der Waals surface area contributed by atoms with Gasteiger partial charge in [0.2, 0.25) is 10.0 Å². The van der Waals surface area contributed by atoms with Gasteiger partial charge in [0.15, 0.2) is 0 Å². The third-order valence-electron chi connectivity index (χ3n) is 3.99. The number of aryl methyl sites for hydroxylation is 1. The van der Waals surface area contributed by atoms with Gasteiger partial charge in [0.05, 0.1) is 4.90 Å². The SMILES string of the molecule is CC1CCN(S(=O)(=O)c2ccc(CCCl)cc2)C(C)C1.